The van der Waals surface area contributed by atoms with Crippen LogP contribution >= 0.6 is 0 Å². The van der Waals surface area contributed by atoms with E-state index in [0.29, 0.717) is 25.9 Å². The Bertz CT molecular complexity index is 400. The minimum Gasteiger partial charge on any atom is -0.481 e. The van der Waals surface area contributed by atoms with E-state index in [2.05, 4.69) is 5.32 Å². The number of nitrogens with one attached hydrogen (secondary N) is 1. The monoisotopic (exact) mass is 252 g/mol. The Balaban J connectivity index is 1.98. The molecule has 0 aromatic heterocycles. The predicted octanol–water partition coefficient (Wildman–Crippen LogP) is 0.619. The van der Waals surface area contributed by atoms with E-state index in [4.69, 9.17) is 5.11 Å². The SMILES string of the molecule is CC(C(=O)N1CCC(C)(C(=O)O)CC1)=C1CNC1. The minimum atomic E-state index is -0.757. The van der Waals surface area contributed by atoms with Crippen LogP contribution in [0.15, 0.2) is 11.1 Å². The number of carboxylic acid groups (broad SMARTS) is 1. The molecule has 2 aliphatic rings. The van der Waals surface area contributed by atoms with Gasteiger partial charge in [-0.15, -0.1) is 0 Å². The molecule has 0 aliphatic carbocycles. The lowest BCUT2D eigenvalue weighted by Gasteiger charge is -2.37. The third kappa shape index (κ3) is 2.27. The van der Waals surface area contributed by atoms with Gasteiger partial charge >= 0.3 is 5.97 Å². The second-order valence-electron chi connectivity index (χ2n) is 5.49. The molecule has 0 radical (unpaired) electrons. The van der Waals surface area contributed by atoms with Crippen LogP contribution in [0.2, 0.25) is 0 Å². The van der Waals surface area contributed by atoms with Gasteiger partial charge < -0.3 is 15.3 Å². The van der Waals surface area contributed by atoms with Crippen LogP contribution in [-0.2, 0) is 9.59 Å². The molecule has 0 spiro atoms. The number of likely N-dealkylation sites (tertiary alicyclic amines) is 1. The van der Waals surface area contributed by atoms with Crippen molar-refractivity contribution >= 4 is 11.9 Å². The number of rotatable bonds is 2. The first-order valence-corrected chi connectivity index (χ1v) is 6.36. The summed E-state index contributed by atoms with van der Waals surface area (Å²) in [5.41, 5.74) is 1.33. The van der Waals surface area contributed by atoms with Gasteiger partial charge in [-0.1, -0.05) is 0 Å². The molecule has 100 valence electrons. The van der Waals surface area contributed by atoms with Crippen molar-refractivity contribution in [2.45, 2.75) is 26.7 Å². The first-order chi connectivity index (χ1) is 8.44. The maximum Gasteiger partial charge on any atom is 0.309 e. The molecule has 0 aromatic carbocycles. The lowest BCUT2D eigenvalue weighted by atomic mass is 9.80. The number of carbonyl (C=O) groups excluding carboxylic acids is 1. The molecule has 2 N–H and O–H groups in total. The van der Waals surface area contributed by atoms with E-state index in [1.807, 2.05) is 6.92 Å². The molecule has 2 rings (SSSR count). The van der Waals surface area contributed by atoms with Crippen molar-refractivity contribution in [2.75, 3.05) is 26.2 Å². The lowest BCUT2D eigenvalue weighted by molar-refractivity contribution is -0.152. The summed E-state index contributed by atoms with van der Waals surface area (Å²) in [6.07, 6.45) is 1.07. The second kappa shape index (κ2) is 4.72. The molecule has 0 aromatic rings. The van der Waals surface area contributed by atoms with Gasteiger partial charge in [-0.25, -0.2) is 0 Å². The van der Waals surface area contributed by atoms with E-state index in [1.165, 1.54) is 5.57 Å². The number of aliphatic carboxylic acids is 1. The number of carboxylic acids is 1. The first-order valence-electron chi connectivity index (χ1n) is 6.36. The predicted molar refractivity (Wildman–Crippen MR) is 67.1 cm³/mol. The summed E-state index contributed by atoms with van der Waals surface area (Å²) >= 11 is 0. The maximum absolute atomic E-state index is 12.2. The maximum atomic E-state index is 12.2. The molecule has 2 saturated heterocycles. The van der Waals surface area contributed by atoms with E-state index in [9.17, 15) is 9.59 Å². The Hall–Kier alpha value is -1.36. The van der Waals surface area contributed by atoms with Crippen LogP contribution in [0.4, 0.5) is 0 Å². The molecule has 2 aliphatic heterocycles. The van der Waals surface area contributed by atoms with Gasteiger partial charge in [0.1, 0.15) is 0 Å². The Morgan fingerprint density at radius 1 is 1.28 bits per heavy atom. The fourth-order valence-corrected chi connectivity index (χ4v) is 2.32. The van der Waals surface area contributed by atoms with Crippen LogP contribution < -0.4 is 5.32 Å². The lowest BCUT2D eigenvalue weighted by Crippen LogP contribution is -2.46. The van der Waals surface area contributed by atoms with Gasteiger partial charge in [-0.05, 0) is 32.3 Å². The van der Waals surface area contributed by atoms with Crippen molar-refractivity contribution in [3.05, 3.63) is 11.1 Å². The number of nitrogens with zero attached hydrogens (tertiary/aromatic N) is 1. The summed E-state index contributed by atoms with van der Waals surface area (Å²) in [5, 5.41) is 12.3. The minimum absolute atomic E-state index is 0.0685. The molecule has 18 heavy (non-hydrogen) atoms. The number of piperidine rings is 1. The summed E-state index contributed by atoms with van der Waals surface area (Å²) < 4.78 is 0. The van der Waals surface area contributed by atoms with Gasteiger partial charge in [0.05, 0.1) is 5.41 Å². The third-order valence-electron chi connectivity index (χ3n) is 4.20. The van der Waals surface area contributed by atoms with Crippen LogP contribution in [0.25, 0.3) is 0 Å². The zero-order valence-corrected chi connectivity index (χ0v) is 11.0. The van der Waals surface area contributed by atoms with Gasteiger partial charge in [0.2, 0.25) is 5.91 Å². The highest BCUT2D eigenvalue weighted by Crippen LogP contribution is 2.31. The van der Waals surface area contributed by atoms with Crippen LogP contribution in [0.3, 0.4) is 0 Å². The summed E-state index contributed by atoms with van der Waals surface area (Å²) in [7, 11) is 0. The summed E-state index contributed by atoms with van der Waals surface area (Å²) in [5.74, 6) is -0.688. The Labute approximate surface area is 107 Å². The number of carbonyl (C=O) groups is 2. The second-order valence-corrected chi connectivity index (χ2v) is 5.49. The highest BCUT2D eigenvalue weighted by atomic mass is 16.4. The summed E-state index contributed by atoms with van der Waals surface area (Å²) in [6, 6.07) is 0. The standard InChI is InChI=1S/C13H20N2O3/c1-9(10-7-14-8-10)11(16)15-5-3-13(2,4-6-15)12(17)18/h14H,3-8H2,1-2H3,(H,17,18). The summed E-state index contributed by atoms with van der Waals surface area (Å²) in [4.78, 5) is 25.1. The molecular weight excluding hydrogens is 232 g/mol. The van der Waals surface area contributed by atoms with E-state index in [-0.39, 0.29) is 5.91 Å². The number of amides is 1. The highest BCUT2D eigenvalue weighted by Gasteiger charge is 2.38. The quantitative estimate of drug-likeness (QED) is 0.707. The third-order valence-corrected chi connectivity index (χ3v) is 4.20. The largest absolute Gasteiger partial charge is 0.481 e. The van der Waals surface area contributed by atoms with Crippen molar-refractivity contribution in [3.63, 3.8) is 0 Å². The highest BCUT2D eigenvalue weighted by molar-refractivity contribution is 5.94. The normalized spacial score (nSPS) is 22.3. The van der Waals surface area contributed by atoms with Gasteiger partial charge in [-0.2, -0.15) is 0 Å². The Kier molecular flexibility index (Phi) is 3.43. The Morgan fingerprint density at radius 2 is 1.83 bits per heavy atom. The fraction of sp³-hybridized carbons (Fsp3) is 0.692. The fourth-order valence-electron chi connectivity index (χ4n) is 2.32. The van der Waals surface area contributed by atoms with Gasteiger partial charge in [0, 0.05) is 31.8 Å². The van der Waals surface area contributed by atoms with E-state index < -0.39 is 11.4 Å². The van der Waals surface area contributed by atoms with E-state index >= 15 is 0 Å². The number of hydrogen-bond donors (Lipinski definition) is 2. The molecule has 0 bridgehead atoms. The zero-order chi connectivity index (χ0) is 13.3. The van der Waals surface area contributed by atoms with Crippen molar-refractivity contribution in [1.82, 2.24) is 10.2 Å². The topological polar surface area (TPSA) is 69.6 Å². The molecule has 0 saturated carbocycles. The van der Waals surface area contributed by atoms with Gasteiger partial charge in [0.15, 0.2) is 0 Å². The van der Waals surface area contributed by atoms with Gasteiger partial charge in [-0.3, -0.25) is 9.59 Å². The molecule has 1 amide bonds. The van der Waals surface area contributed by atoms with E-state index in [0.717, 1.165) is 18.7 Å². The zero-order valence-electron chi connectivity index (χ0n) is 11.0. The molecule has 2 heterocycles. The molecule has 2 fully saturated rings. The Morgan fingerprint density at radius 3 is 2.22 bits per heavy atom. The van der Waals surface area contributed by atoms with Gasteiger partial charge in [0.25, 0.3) is 0 Å². The molecule has 5 nitrogen and oxygen atoms in total. The average molecular weight is 252 g/mol. The summed E-state index contributed by atoms with van der Waals surface area (Å²) in [6.45, 7) is 6.32. The van der Waals surface area contributed by atoms with Crippen LogP contribution in [0, 0.1) is 5.41 Å². The van der Waals surface area contributed by atoms with Crippen LogP contribution in [0.5, 0.6) is 0 Å². The van der Waals surface area contributed by atoms with E-state index in [1.54, 1.807) is 11.8 Å². The molecular formula is C13H20N2O3. The van der Waals surface area contributed by atoms with Crippen molar-refractivity contribution < 1.29 is 14.7 Å². The molecule has 0 unspecified atom stereocenters. The van der Waals surface area contributed by atoms with Crippen molar-refractivity contribution in [1.29, 1.82) is 0 Å². The average Bonchev–Trinajstić information content (AvgIpc) is 2.26. The van der Waals surface area contributed by atoms with Crippen LogP contribution in [0.1, 0.15) is 26.7 Å². The molecule has 5 heteroatoms. The smallest absolute Gasteiger partial charge is 0.309 e. The molecule has 0 atom stereocenters. The van der Waals surface area contributed by atoms with Crippen molar-refractivity contribution in [3.8, 4) is 0 Å². The van der Waals surface area contributed by atoms with Crippen molar-refractivity contribution in [2.24, 2.45) is 5.41 Å². The van der Waals surface area contributed by atoms with Crippen LogP contribution in [-0.4, -0.2) is 48.1 Å². The number of hydrogen-bond acceptors (Lipinski definition) is 3. The first kappa shape index (κ1) is 13.1.